The minimum atomic E-state index is 0.530. The third-order valence-electron chi connectivity index (χ3n) is 1.75. The van der Waals surface area contributed by atoms with E-state index >= 15 is 0 Å². The van der Waals surface area contributed by atoms with Crippen LogP contribution < -0.4 is 4.74 Å². The van der Waals surface area contributed by atoms with Crippen LogP contribution >= 0.6 is 27.5 Å². The zero-order chi connectivity index (χ0) is 9.42. The van der Waals surface area contributed by atoms with Gasteiger partial charge < -0.3 is 9.72 Å². The number of halogens is 2. The van der Waals surface area contributed by atoms with Gasteiger partial charge in [0.25, 0.3) is 0 Å². The Morgan fingerprint density at radius 1 is 1.54 bits per heavy atom. The van der Waals surface area contributed by atoms with E-state index in [1.807, 2.05) is 6.07 Å². The summed E-state index contributed by atoms with van der Waals surface area (Å²) in [7, 11) is 1.58. The predicted molar refractivity (Wildman–Crippen MR) is 55.4 cm³/mol. The van der Waals surface area contributed by atoms with Crippen LogP contribution in [0.4, 0.5) is 0 Å². The monoisotopic (exact) mass is 260 g/mol. The van der Waals surface area contributed by atoms with E-state index in [-0.39, 0.29) is 0 Å². The molecule has 0 aliphatic carbocycles. The molecule has 0 fully saturated rings. The maximum Gasteiger partial charge on any atom is 0.175 e. The molecule has 0 amide bonds. The Balaban J connectivity index is 2.78. The quantitative estimate of drug-likeness (QED) is 0.857. The Kier molecular flexibility index (Phi) is 2.17. The second-order valence-corrected chi connectivity index (χ2v) is 3.63. The van der Waals surface area contributed by atoms with Crippen LogP contribution in [0.15, 0.2) is 16.9 Å². The highest BCUT2D eigenvalue weighted by molar-refractivity contribution is 9.10. The molecule has 5 heteroatoms. The van der Waals surface area contributed by atoms with Crippen molar-refractivity contribution in [2.24, 2.45) is 0 Å². The molecule has 0 unspecified atom stereocenters. The first-order valence-corrected chi connectivity index (χ1v) is 4.77. The lowest BCUT2D eigenvalue weighted by Crippen LogP contribution is -1.84. The predicted octanol–water partition coefficient (Wildman–Crippen LogP) is 2.99. The van der Waals surface area contributed by atoms with Crippen molar-refractivity contribution in [2.45, 2.75) is 0 Å². The van der Waals surface area contributed by atoms with E-state index in [4.69, 9.17) is 16.3 Å². The van der Waals surface area contributed by atoms with E-state index in [0.717, 1.165) is 5.52 Å². The van der Waals surface area contributed by atoms with Crippen molar-refractivity contribution in [1.29, 1.82) is 0 Å². The van der Waals surface area contributed by atoms with Gasteiger partial charge in [-0.15, -0.1) is 0 Å². The zero-order valence-corrected chi connectivity index (χ0v) is 9.11. The summed E-state index contributed by atoms with van der Waals surface area (Å²) in [5, 5.41) is 0.530. The average molecular weight is 262 g/mol. The van der Waals surface area contributed by atoms with Crippen molar-refractivity contribution >= 4 is 38.6 Å². The number of H-pyrrole nitrogens is 1. The number of benzene rings is 1. The summed E-state index contributed by atoms with van der Waals surface area (Å²) in [4.78, 5) is 7.19. The molecule has 13 heavy (non-hydrogen) atoms. The van der Waals surface area contributed by atoms with E-state index < -0.39 is 0 Å². The molecule has 1 aromatic heterocycles. The summed E-state index contributed by atoms with van der Waals surface area (Å²) in [6.07, 6.45) is 0. The van der Waals surface area contributed by atoms with Gasteiger partial charge >= 0.3 is 0 Å². The van der Waals surface area contributed by atoms with E-state index in [2.05, 4.69) is 25.9 Å². The average Bonchev–Trinajstić information content (AvgIpc) is 2.47. The number of ether oxygens (including phenoxy) is 1. The van der Waals surface area contributed by atoms with Crippen molar-refractivity contribution in [1.82, 2.24) is 9.97 Å². The van der Waals surface area contributed by atoms with Crippen molar-refractivity contribution in [3.8, 4) is 5.75 Å². The Morgan fingerprint density at radius 2 is 2.31 bits per heavy atom. The molecule has 0 saturated carbocycles. The number of aromatic amines is 1. The molecule has 0 atom stereocenters. The standard InChI is InChI=1S/C8H6BrClN2O/c1-13-5-3-2-4-7(6(5)10)12-8(9)11-4/h2-3H,1H3,(H,11,12). The first kappa shape index (κ1) is 8.84. The van der Waals surface area contributed by atoms with Gasteiger partial charge in [0, 0.05) is 0 Å². The van der Waals surface area contributed by atoms with Crippen molar-refractivity contribution in [2.75, 3.05) is 7.11 Å². The van der Waals surface area contributed by atoms with Gasteiger partial charge in [-0.2, -0.15) is 0 Å². The first-order valence-electron chi connectivity index (χ1n) is 3.60. The lowest BCUT2D eigenvalue weighted by Gasteiger charge is -2.01. The molecule has 0 bridgehead atoms. The van der Waals surface area contributed by atoms with E-state index in [1.54, 1.807) is 13.2 Å². The van der Waals surface area contributed by atoms with Gasteiger partial charge in [-0.05, 0) is 28.1 Å². The molecule has 1 heterocycles. The molecule has 0 radical (unpaired) electrons. The summed E-state index contributed by atoms with van der Waals surface area (Å²) >= 11 is 9.27. The van der Waals surface area contributed by atoms with Crippen LogP contribution in [0.5, 0.6) is 5.75 Å². The fraction of sp³-hybridized carbons (Fsp3) is 0.125. The molecule has 2 rings (SSSR count). The van der Waals surface area contributed by atoms with Gasteiger partial charge in [0.15, 0.2) is 4.73 Å². The van der Waals surface area contributed by atoms with E-state index in [1.165, 1.54) is 0 Å². The number of nitrogens with zero attached hydrogens (tertiary/aromatic N) is 1. The van der Waals surface area contributed by atoms with Gasteiger partial charge in [0.1, 0.15) is 16.3 Å². The minimum absolute atomic E-state index is 0.530. The number of methoxy groups -OCH3 is 1. The topological polar surface area (TPSA) is 37.9 Å². The number of nitrogens with one attached hydrogen (secondary N) is 1. The molecule has 0 aliphatic rings. The van der Waals surface area contributed by atoms with Crippen LogP contribution in [-0.2, 0) is 0 Å². The van der Waals surface area contributed by atoms with Gasteiger partial charge in [-0.1, -0.05) is 11.6 Å². The number of hydrogen-bond acceptors (Lipinski definition) is 2. The fourth-order valence-corrected chi connectivity index (χ4v) is 1.83. The van der Waals surface area contributed by atoms with Crippen molar-refractivity contribution in [3.05, 3.63) is 21.9 Å². The lowest BCUT2D eigenvalue weighted by molar-refractivity contribution is 0.415. The second kappa shape index (κ2) is 3.20. The molecular formula is C8H6BrClN2O. The highest BCUT2D eigenvalue weighted by Crippen LogP contribution is 2.31. The van der Waals surface area contributed by atoms with Crippen LogP contribution in [-0.4, -0.2) is 17.1 Å². The summed E-state index contributed by atoms with van der Waals surface area (Å²) in [6.45, 7) is 0. The molecule has 0 aliphatic heterocycles. The van der Waals surface area contributed by atoms with Crippen LogP contribution in [0.2, 0.25) is 5.02 Å². The van der Waals surface area contributed by atoms with Gasteiger partial charge in [-0.3, -0.25) is 0 Å². The number of imidazole rings is 1. The maximum absolute atomic E-state index is 6.03. The molecule has 1 N–H and O–H groups in total. The highest BCUT2D eigenvalue weighted by atomic mass is 79.9. The smallest absolute Gasteiger partial charge is 0.175 e. The van der Waals surface area contributed by atoms with Crippen molar-refractivity contribution < 1.29 is 4.74 Å². The SMILES string of the molecule is COc1ccc2[nH]c(Br)nc2c1Cl. The van der Waals surface area contributed by atoms with Crippen LogP contribution in [0.1, 0.15) is 0 Å². The summed E-state index contributed by atoms with van der Waals surface area (Å²) < 4.78 is 5.73. The molecule has 68 valence electrons. The lowest BCUT2D eigenvalue weighted by atomic mass is 10.3. The van der Waals surface area contributed by atoms with Crippen LogP contribution in [0.3, 0.4) is 0 Å². The van der Waals surface area contributed by atoms with E-state index in [9.17, 15) is 0 Å². The van der Waals surface area contributed by atoms with Gasteiger partial charge in [0.2, 0.25) is 0 Å². The number of hydrogen-bond donors (Lipinski definition) is 1. The maximum atomic E-state index is 6.03. The number of aromatic nitrogens is 2. The molecule has 2 aromatic rings. The summed E-state index contributed by atoms with van der Waals surface area (Å²) in [5.41, 5.74) is 1.60. The van der Waals surface area contributed by atoms with Crippen LogP contribution in [0.25, 0.3) is 11.0 Å². The Bertz CT molecular complexity index is 455. The molecule has 0 saturated heterocycles. The first-order chi connectivity index (χ1) is 6.22. The molecule has 0 spiro atoms. The number of fused-ring (bicyclic) bond motifs is 1. The highest BCUT2D eigenvalue weighted by Gasteiger charge is 2.09. The summed E-state index contributed by atoms with van der Waals surface area (Å²) in [6, 6.07) is 3.67. The Hall–Kier alpha value is -0.740. The molecular weight excluding hydrogens is 255 g/mol. The number of rotatable bonds is 1. The summed E-state index contributed by atoms with van der Waals surface area (Å²) in [5.74, 6) is 0.633. The van der Waals surface area contributed by atoms with Gasteiger partial charge in [-0.25, -0.2) is 4.98 Å². The van der Waals surface area contributed by atoms with Crippen molar-refractivity contribution in [3.63, 3.8) is 0 Å². The fourth-order valence-electron chi connectivity index (χ4n) is 1.15. The van der Waals surface area contributed by atoms with Gasteiger partial charge in [0.05, 0.1) is 12.6 Å². The minimum Gasteiger partial charge on any atom is -0.495 e. The molecule has 1 aromatic carbocycles. The zero-order valence-electron chi connectivity index (χ0n) is 6.77. The third-order valence-corrected chi connectivity index (χ3v) is 2.49. The second-order valence-electron chi connectivity index (χ2n) is 2.51. The molecule has 3 nitrogen and oxygen atoms in total. The Morgan fingerprint density at radius 3 is 3.00 bits per heavy atom. The van der Waals surface area contributed by atoms with E-state index in [0.29, 0.717) is 21.0 Å². The van der Waals surface area contributed by atoms with Crippen LogP contribution in [0, 0.1) is 0 Å². The third kappa shape index (κ3) is 1.40. The Labute approximate surface area is 88.2 Å². The largest absolute Gasteiger partial charge is 0.495 e. The normalized spacial score (nSPS) is 10.7.